The van der Waals surface area contributed by atoms with Crippen molar-refractivity contribution in [2.45, 2.75) is 38.2 Å². The summed E-state index contributed by atoms with van der Waals surface area (Å²) in [5, 5.41) is 11.5. The summed E-state index contributed by atoms with van der Waals surface area (Å²) in [5.74, 6) is 0.119. The van der Waals surface area contributed by atoms with E-state index >= 15 is 0 Å². The molecule has 2 aromatic carbocycles. The first-order valence-corrected chi connectivity index (χ1v) is 9.58. The summed E-state index contributed by atoms with van der Waals surface area (Å²) in [5.41, 5.74) is 1.62. The second kappa shape index (κ2) is 9.78. The SMILES string of the molecule is O=C(O)COc1ccc(CCNC(=O)c2cccc(OC3CCCC3)c2)cc1. The van der Waals surface area contributed by atoms with Gasteiger partial charge in [-0.1, -0.05) is 18.2 Å². The first-order chi connectivity index (χ1) is 13.6. The quantitative estimate of drug-likeness (QED) is 0.693. The fraction of sp³-hybridized carbons (Fsp3) is 0.364. The summed E-state index contributed by atoms with van der Waals surface area (Å²) < 4.78 is 11.1. The zero-order chi connectivity index (χ0) is 19.8. The minimum Gasteiger partial charge on any atom is -0.490 e. The normalized spacial score (nSPS) is 13.9. The Balaban J connectivity index is 1.45. The van der Waals surface area contributed by atoms with Crippen LogP contribution in [0.25, 0.3) is 0 Å². The van der Waals surface area contributed by atoms with Gasteiger partial charge in [-0.3, -0.25) is 4.79 Å². The molecular weight excluding hydrogens is 358 g/mol. The summed E-state index contributed by atoms with van der Waals surface area (Å²) in [6.45, 7) is 0.140. The molecule has 0 saturated heterocycles. The molecule has 6 heteroatoms. The predicted molar refractivity (Wildman–Crippen MR) is 105 cm³/mol. The number of hydrogen-bond donors (Lipinski definition) is 2. The number of carbonyl (C=O) groups excluding carboxylic acids is 1. The van der Waals surface area contributed by atoms with Crippen molar-refractivity contribution < 1.29 is 24.2 Å². The van der Waals surface area contributed by atoms with Crippen LogP contribution in [0.2, 0.25) is 0 Å². The molecule has 148 valence electrons. The highest BCUT2D eigenvalue weighted by molar-refractivity contribution is 5.94. The van der Waals surface area contributed by atoms with E-state index in [2.05, 4.69) is 5.32 Å². The lowest BCUT2D eigenvalue weighted by molar-refractivity contribution is -0.139. The van der Waals surface area contributed by atoms with Gasteiger partial charge in [0, 0.05) is 12.1 Å². The van der Waals surface area contributed by atoms with E-state index in [1.54, 1.807) is 24.3 Å². The Morgan fingerprint density at radius 1 is 1.04 bits per heavy atom. The minimum absolute atomic E-state index is 0.127. The fourth-order valence-corrected chi connectivity index (χ4v) is 3.23. The third kappa shape index (κ3) is 6.01. The molecule has 2 aromatic rings. The lowest BCUT2D eigenvalue weighted by Crippen LogP contribution is -2.25. The summed E-state index contributed by atoms with van der Waals surface area (Å²) in [7, 11) is 0. The van der Waals surface area contributed by atoms with Crippen molar-refractivity contribution in [3.63, 3.8) is 0 Å². The van der Waals surface area contributed by atoms with E-state index < -0.39 is 5.97 Å². The van der Waals surface area contributed by atoms with Crippen LogP contribution in [0.5, 0.6) is 11.5 Å². The fourth-order valence-electron chi connectivity index (χ4n) is 3.23. The van der Waals surface area contributed by atoms with E-state index in [0.717, 1.165) is 24.2 Å². The van der Waals surface area contributed by atoms with E-state index in [0.29, 0.717) is 24.3 Å². The lowest BCUT2D eigenvalue weighted by atomic mass is 10.1. The van der Waals surface area contributed by atoms with E-state index in [-0.39, 0.29) is 18.6 Å². The van der Waals surface area contributed by atoms with Gasteiger partial charge in [0.15, 0.2) is 6.61 Å². The highest BCUT2D eigenvalue weighted by Gasteiger charge is 2.17. The molecule has 0 atom stereocenters. The van der Waals surface area contributed by atoms with Crippen molar-refractivity contribution in [2.75, 3.05) is 13.2 Å². The number of ether oxygens (including phenoxy) is 2. The largest absolute Gasteiger partial charge is 0.490 e. The first-order valence-electron chi connectivity index (χ1n) is 9.58. The topological polar surface area (TPSA) is 84.9 Å². The van der Waals surface area contributed by atoms with E-state index in [9.17, 15) is 9.59 Å². The summed E-state index contributed by atoms with van der Waals surface area (Å²) in [6.07, 6.45) is 5.51. The van der Waals surface area contributed by atoms with Gasteiger partial charge in [0.2, 0.25) is 0 Å². The zero-order valence-corrected chi connectivity index (χ0v) is 15.7. The molecule has 1 amide bonds. The molecule has 0 heterocycles. The Hall–Kier alpha value is -3.02. The highest BCUT2D eigenvalue weighted by Crippen LogP contribution is 2.24. The van der Waals surface area contributed by atoms with Gasteiger partial charge in [-0.25, -0.2) is 4.79 Å². The maximum absolute atomic E-state index is 12.4. The number of aliphatic carboxylic acids is 1. The van der Waals surface area contributed by atoms with Gasteiger partial charge in [0.05, 0.1) is 6.10 Å². The monoisotopic (exact) mass is 383 g/mol. The zero-order valence-electron chi connectivity index (χ0n) is 15.7. The van der Waals surface area contributed by atoms with Gasteiger partial charge in [-0.15, -0.1) is 0 Å². The van der Waals surface area contributed by atoms with Crippen LogP contribution in [0.3, 0.4) is 0 Å². The Morgan fingerprint density at radius 3 is 2.50 bits per heavy atom. The Morgan fingerprint density at radius 2 is 1.79 bits per heavy atom. The average molecular weight is 383 g/mol. The van der Waals surface area contributed by atoms with E-state index in [1.165, 1.54) is 12.8 Å². The second-order valence-electron chi connectivity index (χ2n) is 6.88. The van der Waals surface area contributed by atoms with Crippen LogP contribution in [0.15, 0.2) is 48.5 Å². The van der Waals surface area contributed by atoms with Crippen molar-refractivity contribution in [3.8, 4) is 11.5 Å². The Kier molecular flexibility index (Phi) is 6.89. The Bertz CT molecular complexity index is 797. The van der Waals surface area contributed by atoms with Crippen LogP contribution in [0.4, 0.5) is 0 Å². The number of carboxylic acid groups (broad SMARTS) is 1. The molecule has 6 nitrogen and oxygen atoms in total. The van der Waals surface area contributed by atoms with Crippen LogP contribution >= 0.6 is 0 Å². The molecule has 0 unspecified atom stereocenters. The lowest BCUT2D eigenvalue weighted by Gasteiger charge is -2.14. The molecule has 3 rings (SSSR count). The van der Waals surface area contributed by atoms with Crippen molar-refractivity contribution >= 4 is 11.9 Å². The van der Waals surface area contributed by atoms with Gasteiger partial charge in [-0.05, 0) is 68.0 Å². The van der Waals surface area contributed by atoms with Crippen molar-refractivity contribution in [3.05, 3.63) is 59.7 Å². The molecule has 1 fully saturated rings. The first kappa shape index (κ1) is 19.7. The molecule has 1 aliphatic rings. The molecule has 0 aromatic heterocycles. The molecule has 1 aliphatic carbocycles. The number of carbonyl (C=O) groups is 2. The third-order valence-corrected chi connectivity index (χ3v) is 4.69. The number of amides is 1. The minimum atomic E-state index is -1.01. The van der Waals surface area contributed by atoms with Crippen LogP contribution in [-0.4, -0.2) is 36.2 Å². The number of benzene rings is 2. The molecule has 2 N–H and O–H groups in total. The van der Waals surface area contributed by atoms with Crippen molar-refractivity contribution in [2.24, 2.45) is 0 Å². The van der Waals surface area contributed by atoms with Crippen LogP contribution in [0, 0.1) is 0 Å². The van der Waals surface area contributed by atoms with Crippen molar-refractivity contribution in [1.82, 2.24) is 5.32 Å². The second-order valence-corrected chi connectivity index (χ2v) is 6.88. The predicted octanol–water partition coefficient (Wildman–Crippen LogP) is 3.44. The van der Waals surface area contributed by atoms with Crippen LogP contribution in [0.1, 0.15) is 41.6 Å². The molecule has 1 saturated carbocycles. The van der Waals surface area contributed by atoms with Gasteiger partial charge < -0.3 is 19.9 Å². The average Bonchev–Trinajstić information content (AvgIpc) is 3.20. The molecule has 0 bridgehead atoms. The molecule has 0 radical (unpaired) electrons. The molecular formula is C22H25NO5. The molecule has 0 spiro atoms. The summed E-state index contributed by atoms with van der Waals surface area (Å²) >= 11 is 0. The number of hydrogen-bond acceptors (Lipinski definition) is 4. The summed E-state index contributed by atoms with van der Waals surface area (Å²) in [4.78, 5) is 22.9. The van der Waals surface area contributed by atoms with Crippen LogP contribution in [-0.2, 0) is 11.2 Å². The molecule has 0 aliphatic heterocycles. The van der Waals surface area contributed by atoms with Gasteiger partial charge in [-0.2, -0.15) is 0 Å². The smallest absolute Gasteiger partial charge is 0.341 e. The van der Waals surface area contributed by atoms with Gasteiger partial charge >= 0.3 is 5.97 Å². The number of nitrogens with one attached hydrogen (secondary N) is 1. The third-order valence-electron chi connectivity index (χ3n) is 4.69. The highest BCUT2D eigenvalue weighted by atomic mass is 16.5. The van der Waals surface area contributed by atoms with E-state index in [1.807, 2.05) is 24.3 Å². The number of carboxylic acids is 1. The van der Waals surface area contributed by atoms with Gasteiger partial charge in [0.1, 0.15) is 11.5 Å². The maximum atomic E-state index is 12.4. The standard InChI is InChI=1S/C22H25NO5/c24-21(25)15-27-18-10-8-16(9-11-18)12-13-23-22(26)17-4-3-7-20(14-17)28-19-5-1-2-6-19/h3-4,7-11,14,19H,1-2,5-6,12-13,15H2,(H,23,26)(H,24,25). The number of rotatable bonds is 9. The van der Waals surface area contributed by atoms with E-state index in [4.69, 9.17) is 14.6 Å². The summed E-state index contributed by atoms with van der Waals surface area (Å²) in [6, 6.07) is 14.5. The Labute approximate surface area is 164 Å². The maximum Gasteiger partial charge on any atom is 0.341 e. The van der Waals surface area contributed by atoms with Gasteiger partial charge in [0.25, 0.3) is 5.91 Å². The van der Waals surface area contributed by atoms with Crippen LogP contribution < -0.4 is 14.8 Å². The van der Waals surface area contributed by atoms with Crippen molar-refractivity contribution in [1.29, 1.82) is 0 Å². The molecule has 28 heavy (non-hydrogen) atoms.